The Kier molecular flexibility index (Phi) is 5.27. The van der Waals surface area contributed by atoms with Gasteiger partial charge in [-0.05, 0) is 47.2 Å². The van der Waals surface area contributed by atoms with Gasteiger partial charge in [0.15, 0.2) is 11.7 Å². The second-order valence-electron chi connectivity index (χ2n) is 5.77. The summed E-state index contributed by atoms with van der Waals surface area (Å²) in [6, 6.07) is 12.4. The number of carboxylic acids is 1. The van der Waals surface area contributed by atoms with Crippen molar-refractivity contribution >= 4 is 34.5 Å². The van der Waals surface area contributed by atoms with Crippen molar-refractivity contribution in [2.75, 3.05) is 13.7 Å². The highest BCUT2D eigenvalue weighted by Crippen LogP contribution is 2.37. The minimum absolute atomic E-state index is 0.271. The zero-order valence-corrected chi connectivity index (χ0v) is 15.0. The van der Waals surface area contributed by atoms with E-state index in [0.29, 0.717) is 10.6 Å². The Balaban J connectivity index is 1.87. The van der Waals surface area contributed by atoms with Crippen LogP contribution in [0, 0.1) is 5.92 Å². The summed E-state index contributed by atoms with van der Waals surface area (Å²) in [6.07, 6.45) is 0. The summed E-state index contributed by atoms with van der Waals surface area (Å²) in [5.41, 5.74) is 1.98. The summed E-state index contributed by atoms with van der Waals surface area (Å²) >= 11 is 0.810. The molecule has 2 aromatic carbocycles. The fourth-order valence-electron chi connectivity index (χ4n) is 2.69. The fourth-order valence-corrected chi connectivity index (χ4v) is 3.71. The molecule has 1 amide bonds. The normalized spacial score (nSPS) is 15.8. The molecule has 27 heavy (non-hydrogen) atoms. The molecule has 1 aliphatic rings. The van der Waals surface area contributed by atoms with Crippen molar-refractivity contribution in [2.24, 2.45) is 5.92 Å². The van der Waals surface area contributed by atoms with E-state index in [0.717, 1.165) is 22.9 Å². The molecule has 0 saturated carbocycles. The molecule has 2 aromatic rings. The SMILES string of the molecule is COc1ccc(-c2ccc3c(c2)SC(=O)C(C(=O)NCC(=O)O)C3=O)cc1. The molecule has 0 saturated heterocycles. The molecule has 1 aliphatic heterocycles. The summed E-state index contributed by atoms with van der Waals surface area (Å²) in [4.78, 5) is 48.0. The summed E-state index contributed by atoms with van der Waals surface area (Å²) in [6.45, 7) is -0.649. The Bertz CT molecular complexity index is 938. The van der Waals surface area contributed by atoms with Gasteiger partial charge in [-0.1, -0.05) is 18.2 Å². The third-order valence-electron chi connectivity index (χ3n) is 4.05. The molecule has 138 valence electrons. The Hall–Kier alpha value is -3.13. The third kappa shape index (κ3) is 3.85. The number of benzene rings is 2. The summed E-state index contributed by atoms with van der Waals surface area (Å²) in [7, 11) is 1.57. The number of fused-ring (bicyclic) bond motifs is 1. The Morgan fingerprint density at radius 3 is 2.41 bits per heavy atom. The number of Topliss-reactive ketones (excluding diaryl/α,β-unsaturated/α-hetero) is 1. The number of carboxylic acid groups (broad SMARTS) is 1. The van der Waals surface area contributed by atoms with Crippen LogP contribution in [-0.4, -0.2) is 41.5 Å². The standard InChI is InChI=1S/C19H15NO6S/c1-26-12-5-2-10(3-6-12)11-4-7-13-14(8-11)27-19(25)16(17(13)23)18(24)20-9-15(21)22/h2-8,16H,9H2,1H3,(H,20,24)(H,21,22). The van der Waals surface area contributed by atoms with Crippen LogP contribution in [0.2, 0.25) is 0 Å². The topological polar surface area (TPSA) is 110 Å². The Morgan fingerprint density at radius 2 is 1.78 bits per heavy atom. The van der Waals surface area contributed by atoms with Crippen molar-refractivity contribution in [3.05, 3.63) is 48.0 Å². The Morgan fingerprint density at radius 1 is 1.11 bits per heavy atom. The maximum absolute atomic E-state index is 12.6. The molecule has 0 bridgehead atoms. The monoisotopic (exact) mass is 385 g/mol. The maximum Gasteiger partial charge on any atom is 0.322 e. The highest BCUT2D eigenvalue weighted by Gasteiger charge is 2.40. The van der Waals surface area contributed by atoms with Crippen LogP contribution in [0.15, 0.2) is 47.4 Å². The van der Waals surface area contributed by atoms with Crippen LogP contribution in [-0.2, 0) is 14.4 Å². The number of carbonyl (C=O) groups excluding carboxylic acids is 3. The minimum atomic E-state index is -1.53. The summed E-state index contributed by atoms with van der Waals surface area (Å²) in [5, 5.41) is 10.1. The number of hydrogen-bond donors (Lipinski definition) is 2. The molecular formula is C19H15NO6S. The number of hydrogen-bond acceptors (Lipinski definition) is 6. The second kappa shape index (κ2) is 7.63. The zero-order valence-electron chi connectivity index (χ0n) is 14.2. The number of methoxy groups -OCH3 is 1. The number of carbonyl (C=O) groups is 4. The zero-order chi connectivity index (χ0) is 19.6. The van der Waals surface area contributed by atoms with Crippen LogP contribution < -0.4 is 10.1 Å². The minimum Gasteiger partial charge on any atom is -0.497 e. The van der Waals surface area contributed by atoms with Gasteiger partial charge in [0.25, 0.3) is 0 Å². The third-order valence-corrected chi connectivity index (χ3v) is 5.05. The van der Waals surface area contributed by atoms with Gasteiger partial charge in [-0.15, -0.1) is 0 Å². The molecule has 1 heterocycles. The first-order valence-corrected chi connectivity index (χ1v) is 8.76. The van der Waals surface area contributed by atoms with E-state index in [9.17, 15) is 19.2 Å². The van der Waals surface area contributed by atoms with Gasteiger partial charge < -0.3 is 15.2 Å². The highest BCUT2D eigenvalue weighted by atomic mass is 32.2. The number of amides is 1. The van der Waals surface area contributed by atoms with Gasteiger partial charge in [-0.25, -0.2) is 0 Å². The van der Waals surface area contributed by atoms with Crippen LogP contribution >= 0.6 is 11.8 Å². The number of ketones is 1. The predicted molar refractivity (Wildman–Crippen MR) is 97.8 cm³/mol. The van der Waals surface area contributed by atoms with Gasteiger partial charge >= 0.3 is 5.97 Å². The van der Waals surface area contributed by atoms with Crippen LogP contribution in [0.25, 0.3) is 11.1 Å². The molecule has 0 spiro atoms. The average Bonchev–Trinajstić information content (AvgIpc) is 2.66. The highest BCUT2D eigenvalue weighted by molar-refractivity contribution is 8.14. The lowest BCUT2D eigenvalue weighted by atomic mass is 9.95. The van der Waals surface area contributed by atoms with E-state index in [2.05, 4.69) is 5.32 Å². The first-order valence-electron chi connectivity index (χ1n) is 7.94. The number of aliphatic carboxylic acids is 1. The van der Waals surface area contributed by atoms with Crippen LogP contribution in [0.3, 0.4) is 0 Å². The van der Waals surface area contributed by atoms with E-state index < -0.39 is 35.2 Å². The number of nitrogens with one attached hydrogen (secondary N) is 1. The largest absolute Gasteiger partial charge is 0.497 e. The summed E-state index contributed by atoms with van der Waals surface area (Å²) < 4.78 is 5.12. The van der Waals surface area contributed by atoms with Crippen molar-refractivity contribution in [3.63, 3.8) is 0 Å². The van der Waals surface area contributed by atoms with Crippen molar-refractivity contribution < 1.29 is 29.0 Å². The van der Waals surface area contributed by atoms with Gasteiger partial charge in [-0.2, -0.15) is 0 Å². The number of ether oxygens (including phenoxy) is 1. The van der Waals surface area contributed by atoms with Crippen LogP contribution in [0.5, 0.6) is 5.75 Å². The molecular weight excluding hydrogens is 370 g/mol. The molecule has 0 aromatic heterocycles. The van der Waals surface area contributed by atoms with Crippen molar-refractivity contribution in [3.8, 4) is 16.9 Å². The summed E-state index contributed by atoms with van der Waals surface area (Å²) in [5.74, 6) is -3.60. The fraction of sp³-hybridized carbons (Fsp3) is 0.158. The maximum atomic E-state index is 12.6. The molecule has 1 atom stereocenters. The van der Waals surface area contributed by atoms with Crippen molar-refractivity contribution in [1.82, 2.24) is 5.32 Å². The molecule has 0 fully saturated rings. The van der Waals surface area contributed by atoms with Crippen molar-refractivity contribution in [1.29, 1.82) is 0 Å². The van der Waals surface area contributed by atoms with Gasteiger partial charge in [0.1, 0.15) is 12.3 Å². The lowest BCUT2D eigenvalue weighted by Crippen LogP contribution is -2.42. The molecule has 3 rings (SSSR count). The molecule has 0 radical (unpaired) electrons. The lowest BCUT2D eigenvalue weighted by Gasteiger charge is -2.21. The molecule has 7 nitrogen and oxygen atoms in total. The van der Waals surface area contributed by atoms with Crippen LogP contribution in [0.1, 0.15) is 10.4 Å². The Labute approximate surface area is 158 Å². The number of rotatable bonds is 5. The molecule has 0 aliphatic carbocycles. The first kappa shape index (κ1) is 18.7. The average molecular weight is 385 g/mol. The molecule has 8 heteroatoms. The first-order chi connectivity index (χ1) is 12.9. The van der Waals surface area contributed by atoms with E-state index in [1.54, 1.807) is 37.4 Å². The van der Waals surface area contributed by atoms with E-state index in [-0.39, 0.29) is 5.56 Å². The second-order valence-corrected chi connectivity index (χ2v) is 6.82. The van der Waals surface area contributed by atoms with E-state index in [1.807, 2.05) is 12.1 Å². The van der Waals surface area contributed by atoms with Gasteiger partial charge in [0.05, 0.1) is 7.11 Å². The van der Waals surface area contributed by atoms with E-state index >= 15 is 0 Å². The number of thioether (sulfide) groups is 1. The van der Waals surface area contributed by atoms with Crippen molar-refractivity contribution in [2.45, 2.75) is 4.90 Å². The quantitative estimate of drug-likeness (QED) is 0.758. The van der Waals surface area contributed by atoms with E-state index in [4.69, 9.17) is 9.84 Å². The lowest BCUT2D eigenvalue weighted by molar-refractivity contribution is -0.139. The van der Waals surface area contributed by atoms with Gasteiger partial charge in [0.2, 0.25) is 11.0 Å². The smallest absolute Gasteiger partial charge is 0.322 e. The molecule has 2 N–H and O–H groups in total. The van der Waals surface area contributed by atoms with Crippen LogP contribution in [0.4, 0.5) is 0 Å². The van der Waals surface area contributed by atoms with E-state index in [1.165, 1.54) is 0 Å². The predicted octanol–water partition coefficient (Wildman–Crippen LogP) is 1.99. The molecule has 1 unspecified atom stereocenters. The van der Waals surface area contributed by atoms with Gasteiger partial charge in [0, 0.05) is 10.5 Å². The van der Waals surface area contributed by atoms with Gasteiger partial charge in [-0.3, -0.25) is 19.2 Å².